The Balaban J connectivity index is 2.14. The number of rotatable bonds is 3. The second kappa shape index (κ2) is 5.98. The molecule has 0 saturated heterocycles. The molecule has 0 fully saturated rings. The summed E-state index contributed by atoms with van der Waals surface area (Å²) in [6.45, 7) is 0. The van der Waals surface area contributed by atoms with Crippen LogP contribution in [0.25, 0.3) is 10.9 Å². The van der Waals surface area contributed by atoms with E-state index in [4.69, 9.17) is 0 Å². The molecule has 0 aliphatic carbocycles. The smallest absolute Gasteiger partial charge is 0.160 e. The maximum Gasteiger partial charge on any atom is 0.160 e. The lowest BCUT2D eigenvalue weighted by Gasteiger charge is -2.20. The molecular formula is C15H11BrFN4O2-. The molecule has 0 unspecified atom stereocenters. The van der Waals surface area contributed by atoms with Crippen molar-refractivity contribution in [1.29, 1.82) is 0 Å². The van der Waals surface area contributed by atoms with Crippen LogP contribution >= 0.6 is 15.9 Å². The fourth-order valence-corrected chi connectivity index (χ4v) is 2.52. The number of nitrogens with zero attached hydrogens (tertiary/aromatic N) is 3. The van der Waals surface area contributed by atoms with Crippen LogP contribution in [0.15, 0.2) is 41.1 Å². The highest BCUT2D eigenvalue weighted by Gasteiger charge is 2.11. The lowest BCUT2D eigenvalue weighted by molar-refractivity contribution is -0.267. The first kappa shape index (κ1) is 15.4. The van der Waals surface area contributed by atoms with Crippen LogP contribution in [0, 0.1) is 5.82 Å². The van der Waals surface area contributed by atoms with Crippen LogP contribution in [0.5, 0.6) is 5.75 Å². The van der Waals surface area contributed by atoms with Crippen molar-refractivity contribution < 1.29 is 14.7 Å². The first-order chi connectivity index (χ1) is 11.0. The molecule has 1 heterocycles. The summed E-state index contributed by atoms with van der Waals surface area (Å²) in [7, 11) is 1.34. The third-order valence-corrected chi connectivity index (χ3v) is 3.88. The van der Waals surface area contributed by atoms with Crippen molar-refractivity contribution in [2.75, 3.05) is 17.4 Å². The van der Waals surface area contributed by atoms with Crippen molar-refractivity contribution in [3.8, 4) is 5.75 Å². The first-order valence-electron chi connectivity index (χ1n) is 6.57. The Morgan fingerprint density at radius 2 is 2.09 bits per heavy atom. The summed E-state index contributed by atoms with van der Waals surface area (Å²) >= 11 is 3.12. The number of nitrogens with one attached hydrogen (secondary N) is 1. The molecule has 0 bridgehead atoms. The number of hydroxylamine groups is 1. The molecule has 0 aliphatic heterocycles. The monoisotopic (exact) mass is 377 g/mol. The fourth-order valence-electron chi connectivity index (χ4n) is 2.15. The Bertz CT molecular complexity index is 889. The van der Waals surface area contributed by atoms with Gasteiger partial charge >= 0.3 is 0 Å². The molecule has 0 amide bonds. The van der Waals surface area contributed by atoms with Gasteiger partial charge in [-0.15, -0.1) is 0 Å². The second-order valence-corrected chi connectivity index (χ2v) is 5.66. The van der Waals surface area contributed by atoms with Gasteiger partial charge in [-0.25, -0.2) is 14.4 Å². The number of hydrogen-bond acceptors (Lipinski definition) is 6. The number of aromatic nitrogens is 2. The van der Waals surface area contributed by atoms with E-state index in [-0.39, 0.29) is 17.1 Å². The quantitative estimate of drug-likeness (QED) is 0.682. The normalized spacial score (nSPS) is 10.8. The van der Waals surface area contributed by atoms with Crippen molar-refractivity contribution in [2.45, 2.75) is 0 Å². The molecule has 2 N–H and O–H groups in total. The lowest BCUT2D eigenvalue weighted by atomic mass is 10.2. The van der Waals surface area contributed by atoms with Gasteiger partial charge in [-0.2, -0.15) is 0 Å². The molecule has 0 radical (unpaired) electrons. The molecule has 0 spiro atoms. The van der Waals surface area contributed by atoms with E-state index in [0.717, 1.165) is 5.06 Å². The standard InChI is InChI=1S/C15H12BrFN4O2/c1-21(23)12-5-8-11(6-13(12)22)18-7-19-15(8)20-10-4-2-3-9(16)14(10)17/h2-7,22-23H,1H3,(H,18,19,20)/p-1. The van der Waals surface area contributed by atoms with Gasteiger partial charge in [0.25, 0.3) is 0 Å². The van der Waals surface area contributed by atoms with E-state index in [1.165, 1.54) is 25.5 Å². The zero-order chi connectivity index (χ0) is 16.6. The van der Waals surface area contributed by atoms with Crippen LogP contribution in [0.2, 0.25) is 0 Å². The number of hydrogen-bond donors (Lipinski definition) is 2. The Morgan fingerprint density at radius 3 is 2.83 bits per heavy atom. The molecule has 0 atom stereocenters. The molecule has 3 rings (SSSR count). The molecule has 0 saturated carbocycles. The van der Waals surface area contributed by atoms with E-state index in [2.05, 4.69) is 31.2 Å². The summed E-state index contributed by atoms with van der Waals surface area (Å²) in [5, 5.41) is 25.5. The third kappa shape index (κ3) is 2.90. The summed E-state index contributed by atoms with van der Waals surface area (Å²) in [4.78, 5) is 8.13. The van der Waals surface area contributed by atoms with Gasteiger partial charge in [0.05, 0.1) is 21.4 Å². The van der Waals surface area contributed by atoms with Crippen LogP contribution in [0.1, 0.15) is 0 Å². The maximum absolute atomic E-state index is 14.1. The average molecular weight is 378 g/mol. The summed E-state index contributed by atoms with van der Waals surface area (Å²) in [5.41, 5.74) is 0.697. The van der Waals surface area contributed by atoms with E-state index < -0.39 is 5.82 Å². The molecule has 1 aromatic heterocycles. The summed E-state index contributed by atoms with van der Waals surface area (Å²) in [6, 6.07) is 7.58. The van der Waals surface area contributed by atoms with E-state index in [1.54, 1.807) is 18.2 Å². The number of halogens is 2. The van der Waals surface area contributed by atoms with Crippen LogP contribution in [-0.2, 0) is 0 Å². The minimum absolute atomic E-state index is 0.0741. The van der Waals surface area contributed by atoms with Gasteiger partial charge in [-0.05, 0) is 40.2 Å². The van der Waals surface area contributed by atoms with E-state index >= 15 is 0 Å². The zero-order valence-corrected chi connectivity index (χ0v) is 13.5. The van der Waals surface area contributed by atoms with E-state index in [9.17, 15) is 14.7 Å². The zero-order valence-electron chi connectivity index (χ0n) is 11.9. The highest BCUT2D eigenvalue weighted by molar-refractivity contribution is 9.10. The van der Waals surface area contributed by atoms with Crippen LogP contribution < -0.4 is 15.5 Å². The predicted molar refractivity (Wildman–Crippen MR) is 86.6 cm³/mol. The van der Waals surface area contributed by atoms with Crippen molar-refractivity contribution in [1.82, 2.24) is 9.97 Å². The van der Waals surface area contributed by atoms with Crippen molar-refractivity contribution >= 4 is 44.0 Å². The minimum atomic E-state index is -0.459. The van der Waals surface area contributed by atoms with Gasteiger partial charge in [-0.3, -0.25) is 10.3 Å². The number of anilines is 3. The summed E-state index contributed by atoms with van der Waals surface area (Å²) < 4.78 is 14.4. The first-order valence-corrected chi connectivity index (χ1v) is 7.36. The van der Waals surface area contributed by atoms with Crippen molar-refractivity contribution in [3.05, 3.63) is 46.9 Å². The molecular weight excluding hydrogens is 367 g/mol. The Labute approximate surface area is 139 Å². The Kier molecular flexibility index (Phi) is 4.01. The van der Waals surface area contributed by atoms with E-state index in [1.807, 2.05) is 0 Å². The predicted octanol–water partition coefficient (Wildman–Crippen LogP) is 3.17. The van der Waals surface area contributed by atoms with Crippen molar-refractivity contribution in [3.63, 3.8) is 0 Å². The van der Waals surface area contributed by atoms with E-state index in [0.29, 0.717) is 21.2 Å². The summed E-state index contributed by atoms with van der Waals surface area (Å²) in [6.07, 6.45) is 1.28. The Hall–Kier alpha value is -2.45. The maximum atomic E-state index is 14.1. The van der Waals surface area contributed by atoms with Crippen molar-refractivity contribution in [2.24, 2.45) is 0 Å². The lowest BCUT2D eigenvalue weighted by Crippen LogP contribution is -2.12. The largest absolute Gasteiger partial charge is 0.871 e. The SMILES string of the molecule is CN(O)c1cc2c(Nc3cccc(Br)c3F)ncnc2cc1[O-]. The van der Waals surface area contributed by atoms with Crippen LogP contribution in [0.4, 0.5) is 21.6 Å². The molecule has 3 aromatic rings. The average Bonchev–Trinajstić information content (AvgIpc) is 2.51. The topological polar surface area (TPSA) is 84.3 Å². The molecule has 23 heavy (non-hydrogen) atoms. The molecule has 6 nitrogen and oxygen atoms in total. The van der Waals surface area contributed by atoms with Crippen LogP contribution in [-0.4, -0.2) is 22.2 Å². The molecule has 2 aromatic carbocycles. The molecule has 118 valence electrons. The van der Waals surface area contributed by atoms with Crippen LogP contribution in [0.3, 0.4) is 0 Å². The van der Waals surface area contributed by atoms with Gasteiger partial charge in [0, 0.05) is 12.4 Å². The molecule has 0 aliphatic rings. The fraction of sp³-hybridized carbons (Fsp3) is 0.0667. The van der Waals surface area contributed by atoms with Gasteiger partial charge in [0.1, 0.15) is 12.1 Å². The second-order valence-electron chi connectivity index (χ2n) is 4.81. The minimum Gasteiger partial charge on any atom is -0.871 e. The highest BCUT2D eigenvalue weighted by atomic mass is 79.9. The van der Waals surface area contributed by atoms with Gasteiger partial charge in [0.15, 0.2) is 5.82 Å². The molecule has 8 heteroatoms. The summed E-state index contributed by atoms with van der Waals surface area (Å²) in [5.74, 6) is -0.505. The van der Waals surface area contributed by atoms with Gasteiger partial charge < -0.3 is 10.4 Å². The Morgan fingerprint density at radius 1 is 1.30 bits per heavy atom. The number of benzene rings is 2. The number of fused-ring (bicyclic) bond motifs is 1. The third-order valence-electron chi connectivity index (χ3n) is 3.27. The van der Waals surface area contributed by atoms with Gasteiger partial charge in [-0.1, -0.05) is 11.8 Å². The van der Waals surface area contributed by atoms with Gasteiger partial charge in [0.2, 0.25) is 0 Å². The highest BCUT2D eigenvalue weighted by Crippen LogP contribution is 2.33.